The number of hydrogen-bond donors (Lipinski definition) is 0. The Hall–Kier alpha value is -1.69. The molecule has 2 heterocycles. The monoisotopic (exact) mass is 265 g/mol. The summed E-state index contributed by atoms with van der Waals surface area (Å²) in [6, 6.07) is 0.580. The van der Waals surface area contributed by atoms with E-state index in [2.05, 4.69) is 26.7 Å². The minimum absolute atomic E-state index is 0.165. The van der Waals surface area contributed by atoms with Gasteiger partial charge in [0, 0.05) is 6.04 Å². The third-order valence-corrected chi connectivity index (χ3v) is 3.38. The van der Waals surface area contributed by atoms with E-state index in [0.717, 1.165) is 13.0 Å². The second kappa shape index (κ2) is 6.47. The predicted molar refractivity (Wildman–Crippen MR) is 69.1 cm³/mol. The van der Waals surface area contributed by atoms with Crippen LogP contribution in [-0.2, 0) is 4.74 Å². The zero-order valence-electron chi connectivity index (χ0n) is 11.3. The average Bonchev–Trinajstić information content (AvgIpc) is 2.84. The zero-order valence-corrected chi connectivity index (χ0v) is 11.3. The molecule has 1 aromatic heterocycles. The molecular formula is C13H19N3O3. The molecule has 0 amide bonds. The number of nitrogens with zero attached hydrogens (tertiary/aromatic N) is 3. The largest absolute Gasteiger partial charge is 0.476 e. The van der Waals surface area contributed by atoms with Crippen LogP contribution in [0.15, 0.2) is 12.4 Å². The van der Waals surface area contributed by atoms with Gasteiger partial charge in [0.05, 0.1) is 26.1 Å². The minimum atomic E-state index is -0.506. The molecule has 0 saturated carbocycles. The second-order valence-electron chi connectivity index (χ2n) is 4.65. The summed E-state index contributed by atoms with van der Waals surface area (Å²) < 4.78 is 10.1. The van der Waals surface area contributed by atoms with Gasteiger partial charge in [0.25, 0.3) is 0 Å². The lowest BCUT2D eigenvalue weighted by Crippen LogP contribution is -2.26. The van der Waals surface area contributed by atoms with Crippen LogP contribution in [0.25, 0.3) is 0 Å². The van der Waals surface area contributed by atoms with E-state index in [4.69, 9.17) is 4.74 Å². The van der Waals surface area contributed by atoms with Gasteiger partial charge in [0.15, 0.2) is 5.69 Å². The van der Waals surface area contributed by atoms with Crippen molar-refractivity contribution in [3.05, 3.63) is 18.1 Å². The first-order chi connectivity index (χ1) is 9.20. The van der Waals surface area contributed by atoms with Crippen molar-refractivity contribution in [2.24, 2.45) is 0 Å². The van der Waals surface area contributed by atoms with Gasteiger partial charge in [-0.15, -0.1) is 0 Å². The predicted octanol–water partition coefficient (Wildman–Crippen LogP) is 1.13. The summed E-state index contributed by atoms with van der Waals surface area (Å²) in [6.45, 7) is 1.73. The Balaban J connectivity index is 1.84. The molecule has 0 aliphatic carbocycles. The van der Waals surface area contributed by atoms with Gasteiger partial charge in [-0.2, -0.15) is 0 Å². The first-order valence-electron chi connectivity index (χ1n) is 6.44. The molecule has 0 N–H and O–H groups in total. The molecule has 6 heteroatoms. The fraction of sp³-hybridized carbons (Fsp3) is 0.615. The lowest BCUT2D eigenvalue weighted by molar-refractivity contribution is 0.0592. The lowest BCUT2D eigenvalue weighted by atomic mass is 10.1. The highest BCUT2D eigenvalue weighted by atomic mass is 16.5. The van der Waals surface area contributed by atoms with E-state index in [1.807, 2.05) is 0 Å². The zero-order chi connectivity index (χ0) is 13.7. The van der Waals surface area contributed by atoms with Crippen LogP contribution in [-0.4, -0.2) is 54.2 Å². The molecule has 2 rings (SSSR count). The topological polar surface area (TPSA) is 64.6 Å². The summed E-state index contributed by atoms with van der Waals surface area (Å²) in [5, 5.41) is 0. The summed E-state index contributed by atoms with van der Waals surface area (Å²) in [4.78, 5) is 21.6. The number of esters is 1. The summed E-state index contributed by atoms with van der Waals surface area (Å²) in [5.41, 5.74) is 0.165. The number of carbonyl (C=O) groups is 1. The van der Waals surface area contributed by atoms with Crippen molar-refractivity contribution >= 4 is 5.97 Å². The second-order valence-corrected chi connectivity index (χ2v) is 4.65. The molecule has 1 aromatic rings. The third-order valence-electron chi connectivity index (χ3n) is 3.38. The normalized spacial score (nSPS) is 19.4. The van der Waals surface area contributed by atoms with Gasteiger partial charge in [0.2, 0.25) is 5.88 Å². The first-order valence-corrected chi connectivity index (χ1v) is 6.44. The van der Waals surface area contributed by atoms with Crippen LogP contribution in [0.3, 0.4) is 0 Å². The van der Waals surface area contributed by atoms with Gasteiger partial charge in [-0.05, 0) is 32.9 Å². The van der Waals surface area contributed by atoms with Crippen LogP contribution in [0.4, 0.5) is 0 Å². The number of methoxy groups -OCH3 is 1. The number of likely N-dealkylation sites (tertiary alicyclic amines) is 1. The molecule has 1 saturated heterocycles. The van der Waals surface area contributed by atoms with E-state index in [1.54, 1.807) is 0 Å². The number of carbonyl (C=O) groups excluding carboxylic acids is 1. The molecule has 1 unspecified atom stereocenters. The van der Waals surface area contributed by atoms with E-state index in [9.17, 15) is 4.79 Å². The Bertz CT molecular complexity index is 439. The number of hydrogen-bond acceptors (Lipinski definition) is 6. The Morgan fingerprint density at radius 2 is 2.37 bits per heavy atom. The van der Waals surface area contributed by atoms with Crippen LogP contribution in [0.2, 0.25) is 0 Å². The van der Waals surface area contributed by atoms with Crippen molar-refractivity contribution in [2.75, 3.05) is 27.3 Å². The number of ether oxygens (including phenoxy) is 2. The van der Waals surface area contributed by atoms with Crippen LogP contribution in [0, 0.1) is 0 Å². The summed E-state index contributed by atoms with van der Waals surface area (Å²) in [6.07, 6.45) is 6.29. The molecular weight excluding hydrogens is 246 g/mol. The van der Waals surface area contributed by atoms with E-state index in [-0.39, 0.29) is 5.69 Å². The van der Waals surface area contributed by atoms with Crippen LogP contribution in [0.5, 0.6) is 5.88 Å². The smallest absolute Gasteiger partial charge is 0.358 e. The van der Waals surface area contributed by atoms with Gasteiger partial charge < -0.3 is 14.4 Å². The molecule has 1 fully saturated rings. The van der Waals surface area contributed by atoms with E-state index in [1.165, 1.54) is 32.3 Å². The standard InChI is InChI=1S/C13H19N3O3/c1-16-6-3-4-10(16)5-7-19-12-9-14-8-11(15-12)13(17)18-2/h8-10H,3-7H2,1-2H3. The molecule has 104 valence electrons. The molecule has 1 aliphatic heterocycles. The Morgan fingerprint density at radius 1 is 1.53 bits per heavy atom. The Kier molecular flexibility index (Phi) is 4.68. The van der Waals surface area contributed by atoms with Gasteiger partial charge in [0.1, 0.15) is 0 Å². The Morgan fingerprint density at radius 3 is 3.05 bits per heavy atom. The van der Waals surface area contributed by atoms with E-state index >= 15 is 0 Å². The van der Waals surface area contributed by atoms with Gasteiger partial charge in [-0.3, -0.25) is 4.98 Å². The highest BCUT2D eigenvalue weighted by Crippen LogP contribution is 2.18. The summed E-state index contributed by atoms with van der Waals surface area (Å²) in [5.74, 6) is -0.142. The van der Waals surface area contributed by atoms with Crippen molar-refractivity contribution in [1.29, 1.82) is 0 Å². The maximum Gasteiger partial charge on any atom is 0.358 e. The molecule has 1 atom stereocenters. The maximum atomic E-state index is 11.3. The van der Waals surface area contributed by atoms with Crippen molar-refractivity contribution in [3.63, 3.8) is 0 Å². The average molecular weight is 265 g/mol. The van der Waals surface area contributed by atoms with Crippen molar-refractivity contribution in [1.82, 2.24) is 14.9 Å². The minimum Gasteiger partial charge on any atom is -0.476 e. The molecule has 1 aliphatic rings. The molecule has 0 spiro atoms. The van der Waals surface area contributed by atoms with Crippen molar-refractivity contribution in [3.8, 4) is 5.88 Å². The number of rotatable bonds is 5. The SMILES string of the molecule is COC(=O)c1cncc(OCCC2CCCN2C)n1. The van der Waals surface area contributed by atoms with Gasteiger partial charge in [-0.25, -0.2) is 9.78 Å². The van der Waals surface area contributed by atoms with E-state index < -0.39 is 5.97 Å². The van der Waals surface area contributed by atoms with Crippen molar-refractivity contribution in [2.45, 2.75) is 25.3 Å². The maximum absolute atomic E-state index is 11.3. The van der Waals surface area contributed by atoms with Crippen molar-refractivity contribution < 1.29 is 14.3 Å². The molecule has 0 aromatic carbocycles. The molecule has 6 nitrogen and oxygen atoms in total. The lowest BCUT2D eigenvalue weighted by Gasteiger charge is -2.18. The highest BCUT2D eigenvalue weighted by Gasteiger charge is 2.20. The highest BCUT2D eigenvalue weighted by molar-refractivity contribution is 5.86. The first kappa shape index (κ1) is 13.7. The summed E-state index contributed by atoms with van der Waals surface area (Å²) >= 11 is 0. The quantitative estimate of drug-likeness (QED) is 0.743. The summed E-state index contributed by atoms with van der Waals surface area (Å²) in [7, 11) is 3.45. The van der Waals surface area contributed by atoms with Gasteiger partial charge in [-0.1, -0.05) is 0 Å². The molecule has 19 heavy (non-hydrogen) atoms. The van der Waals surface area contributed by atoms with Crippen LogP contribution in [0.1, 0.15) is 29.8 Å². The van der Waals surface area contributed by atoms with Gasteiger partial charge >= 0.3 is 5.97 Å². The van der Waals surface area contributed by atoms with Crippen LogP contribution >= 0.6 is 0 Å². The fourth-order valence-corrected chi connectivity index (χ4v) is 2.26. The molecule has 0 radical (unpaired) electrons. The number of aromatic nitrogens is 2. The third kappa shape index (κ3) is 3.64. The van der Waals surface area contributed by atoms with E-state index in [0.29, 0.717) is 18.5 Å². The fourth-order valence-electron chi connectivity index (χ4n) is 2.26. The Labute approximate surface area is 112 Å². The molecule has 0 bridgehead atoms. The van der Waals surface area contributed by atoms with Crippen LogP contribution < -0.4 is 4.74 Å².